The Balaban J connectivity index is 0.00000128. The third-order valence-electron chi connectivity index (χ3n) is 3.09. The van der Waals surface area contributed by atoms with Gasteiger partial charge in [-0.1, -0.05) is 13.8 Å². The summed E-state index contributed by atoms with van der Waals surface area (Å²) in [6.45, 7) is 8.10. The van der Waals surface area contributed by atoms with Crippen LogP contribution >= 0.6 is 24.0 Å². The van der Waals surface area contributed by atoms with E-state index in [0.29, 0.717) is 0 Å². The van der Waals surface area contributed by atoms with Crippen LogP contribution in [0, 0.1) is 10.8 Å². The van der Waals surface area contributed by atoms with E-state index < -0.39 is 0 Å². The highest BCUT2D eigenvalue weighted by Crippen LogP contribution is 2.35. The lowest BCUT2D eigenvalue weighted by atomic mass is 9.78. The second-order valence-corrected chi connectivity index (χ2v) is 5.28. The van der Waals surface area contributed by atoms with Crippen LogP contribution in [-0.4, -0.2) is 36.9 Å². The normalized spacial score (nSPS) is 24.8. The fourth-order valence-electron chi connectivity index (χ4n) is 2.43. The van der Waals surface area contributed by atoms with Crippen LogP contribution in [0.3, 0.4) is 0 Å². The van der Waals surface area contributed by atoms with Gasteiger partial charge in [-0.05, 0) is 24.3 Å². The molecule has 1 fully saturated rings. The van der Waals surface area contributed by atoms with Gasteiger partial charge in [0.25, 0.3) is 0 Å². The van der Waals surface area contributed by atoms with Gasteiger partial charge in [-0.15, -0.1) is 24.0 Å². The molecule has 1 aliphatic heterocycles. The van der Waals surface area contributed by atoms with Crippen LogP contribution < -0.4 is 0 Å². The molecule has 1 N–H and O–H groups in total. The molecule has 1 aliphatic carbocycles. The molecule has 0 aromatic heterocycles. The van der Waals surface area contributed by atoms with Gasteiger partial charge in [0.1, 0.15) is 0 Å². The fourth-order valence-corrected chi connectivity index (χ4v) is 2.43. The van der Waals surface area contributed by atoms with Crippen molar-refractivity contribution in [2.24, 2.45) is 5.41 Å². The van der Waals surface area contributed by atoms with Crippen molar-refractivity contribution in [3.8, 4) is 0 Å². The lowest BCUT2D eigenvalue weighted by Crippen LogP contribution is -2.38. The third kappa shape index (κ3) is 3.45. The molecule has 16 heavy (non-hydrogen) atoms. The Bertz CT molecular complexity index is 293. The number of ether oxygens (including phenoxy) is 1. The molecule has 0 saturated carbocycles. The lowest BCUT2D eigenvalue weighted by Gasteiger charge is -2.38. The molecule has 92 valence electrons. The van der Waals surface area contributed by atoms with Gasteiger partial charge in [0, 0.05) is 24.5 Å². The molecule has 0 aromatic carbocycles. The zero-order valence-corrected chi connectivity index (χ0v) is 12.4. The highest BCUT2D eigenvalue weighted by atomic mass is 127. The van der Waals surface area contributed by atoms with Gasteiger partial charge >= 0.3 is 0 Å². The average molecular weight is 336 g/mol. The maximum absolute atomic E-state index is 7.86. The molecule has 0 unspecified atom stereocenters. The summed E-state index contributed by atoms with van der Waals surface area (Å²) in [5.41, 5.74) is 2.35. The second kappa shape index (κ2) is 5.49. The molecule has 0 spiro atoms. The Morgan fingerprint density at radius 2 is 1.88 bits per heavy atom. The number of nitrogens with zero attached hydrogens (tertiary/aromatic N) is 1. The standard InChI is InChI=1S/C12H20N2O.HI/c1-12(2)8-10(13)7-11(9-12)14-3-5-15-6-4-14;/h7,13H,3-6,8-9H2,1-2H3;1H. The molecule has 1 saturated heterocycles. The van der Waals surface area contributed by atoms with Gasteiger partial charge in [0.15, 0.2) is 0 Å². The van der Waals surface area contributed by atoms with Gasteiger partial charge in [-0.25, -0.2) is 0 Å². The van der Waals surface area contributed by atoms with Gasteiger partial charge < -0.3 is 15.0 Å². The topological polar surface area (TPSA) is 36.3 Å². The van der Waals surface area contributed by atoms with Crippen LogP contribution in [0.15, 0.2) is 11.8 Å². The van der Waals surface area contributed by atoms with Crippen LogP contribution in [0.1, 0.15) is 26.7 Å². The first-order valence-electron chi connectivity index (χ1n) is 5.67. The number of hydrogen-bond donors (Lipinski definition) is 1. The summed E-state index contributed by atoms with van der Waals surface area (Å²) in [6, 6.07) is 0. The fraction of sp³-hybridized carbons (Fsp3) is 0.750. The molecular weight excluding hydrogens is 315 g/mol. The van der Waals surface area contributed by atoms with Crippen molar-refractivity contribution in [1.29, 1.82) is 5.41 Å². The second-order valence-electron chi connectivity index (χ2n) is 5.28. The zero-order chi connectivity index (χ0) is 10.9. The number of hydrogen-bond acceptors (Lipinski definition) is 3. The Kier molecular flexibility index (Phi) is 4.79. The highest BCUT2D eigenvalue weighted by Gasteiger charge is 2.28. The van der Waals surface area contributed by atoms with E-state index in [0.717, 1.165) is 44.9 Å². The first-order valence-corrected chi connectivity index (χ1v) is 5.67. The van der Waals surface area contributed by atoms with Crippen molar-refractivity contribution in [3.05, 3.63) is 11.8 Å². The number of nitrogens with one attached hydrogen (secondary N) is 1. The third-order valence-corrected chi connectivity index (χ3v) is 3.09. The Morgan fingerprint density at radius 3 is 2.44 bits per heavy atom. The van der Waals surface area contributed by atoms with Crippen LogP contribution in [0.2, 0.25) is 0 Å². The summed E-state index contributed by atoms with van der Waals surface area (Å²) < 4.78 is 5.35. The van der Waals surface area contributed by atoms with E-state index in [1.54, 1.807) is 0 Å². The van der Waals surface area contributed by atoms with Gasteiger partial charge in [-0.2, -0.15) is 0 Å². The largest absolute Gasteiger partial charge is 0.378 e. The summed E-state index contributed by atoms with van der Waals surface area (Å²) in [4.78, 5) is 2.37. The van der Waals surface area contributed by atoms with Crippen molar-refractivity contribution in [2.75, 3.05) is 26.3 Å². The lowest BCUT2D eigenvalue weighted by molar-refractivity contribution is 0.0491. The maximum Gasteiger partial charge on any atom is 0.0642 e. The van der Waals surface area contributed by atoms with Crippen molar-refractivity contribution in [1.82, 2.24) is 4.90 Å². The van der Waals surface area contributed by atoms with Crippen molar-refractivity contribution < 1.29 is 4.74 Å². The predicted molar refractivity (Wildman–Crippen MR) is 76.6 cm³/mol. The van der Waals surface area contributed by atoms with Crippen molar-refractivity contribution >= 4 is 29.7 Å². The molecular formula is C12H21IN2O. The first kappa shape index (κ1) is 14.0. The summed E-state index contributed by atoms with van der Waals surface area (Å²) in [6.07, 6.45) is 4.05. The predicted octanol–water partition coefficient (Wildman–Crippen LogP) is 2.66. The van der Waals surface area contributed by atoms with Crippen LogP contribution in [0.4, 0.5) is 0 Å². The van der Waals surface area contributed by atoms with Crippen LogP contribution in [-0.2, 0) is 4.74 Å². The number of rotatable bonds is 1. The van der Waals surface area contributed by atoms with Gasteiger partial charge in [0.05, 0.1) is 13.2 Å². The first-order chi connectivity index (χ1) is 7.07. The summed E-state index contributed by atoms with van der Waals surface area (Å²) in [5.74, 6) is 0. The van der Waals surface area contributed by atoms with E-state index in [-0.39, 0.29) is 29.4 Å². The molecule has 3 nitrogen and oxygen atoms in total. The molecule has 0 bridgehead atoms. The quantitative estimate of drug-likeness (QED) is 0.748. The van der Waals surface area contributed by atoms with Crippen molar-refractivity contribution in [3.63, 3.8) is 0 Å². The molecule has 1 heterocycles. The maximum atomic E-state index is 7.86. The van der Waals surface area contributed by atoms with Crippen LogP contribution in [0.25, 0.3) is 0 Å². The molecule has 0 radical (unpaired) electrons. The van der Waals surface area contributed by atoms with E-state index in [1.165, 1.54) is 5.70 Å². The average Bonchev–Trinajstić information content (AvgIpc) is 2.16. The van der Waals surface area contributed by atoms with E-state index in [9.17, 15) is 0 Å². The molecule has 0 atom stereocenters. The van der Waals surface area contributed by atoms with Gasteiger partial charge in [-0.3, -0.25) is 0 Å². The molecule has 0 amide bonds. The molecule has 4 heteroatoms. The highest BCUT2D eigenvalue weighted by molar-refractivity contribution is 14.0. The summed E-state index contributed by atoms with van der Waals surface area (Å²) in [7, 11) is 0. The Labute approximate surface area is 115 Å². The summed E-state index contributed by atoms with van der Waals surface area (Å²) >= 11 is 0. The minimum atomic E-state index is 0. The van der Waals surface area contributed by atoms with Crippen molar-refractivity contribution in [2.45, 2.75) is 26.7 Å². The zero-order valence-electron chi connectivity index (χ0n) is 10.1. The smallest absolute Gasteiger partial charge is 0.0642 e. The minimum Gasteiger partial charge on any atom is -0.378 e. The van der Waals surface area contributed by atoms with Crippen LogP contribution in [0.5, 0.6) is 0 Å². The van der Waals surface area contributed by atoms with E-state index in [1.807, 2.05) is 0 Å². The van der Waals surface area contributed by atoms with Gasteiger partial charge in [0.2, 0.25) is 0 Å². The number of halogens is 1. The Morgan fingerprint density at radius 1 is 1.25 bits per heavy atom. The Hall–Kier alpha value is -0.100. The summed E-state index contributed by atoms with van der Waals surface area (Å²) in [5, 5.41) is 7.86. The monoisotopic (exact) mass is 336 g/mol. The molecule has 2 aliphatic rings. The number of allylic oxidation sites excluding steroid dienone is 2. The minimum absolute atomic E-state index is 0. The van der Waals surface area contributed by atoms with E-state index in [4.69, 9.17) is 10.1 Å². The SMILES string of the molecule is CC1(C)CC(=N)C=C(N2CCOCC2)C1.I. The molecule has 2 rings (SSSR count). The van der Waals surface area contributed by atoms with E-state index in [2.05, 4.69) is 24.8 Å². The molecule has 0 aromatic rings. The van der Waals surface area contributed by atoms with E-state index >= 15 is 0 Å². The number of morpholine rings is 1.